The predicted octanol–water partition coefficient (Wildman–Crippen LogP) is 3.99. The Morgan fingerprint density at radius 1 is 1.18 bits per heavy atom. The third-order valence-electron chi connectivity index (χ3n) is 3.98. The lowest BCUT2D eigenvalue weighted by molar-refractivity contribution is -0.133. The summed E-state index contributed by atoms with van der Waals surface area (Å²) in [5.74, 6) is 0.207. The van der Waals surface area contributed by atoms with E-state index in [0.717, 1.165) is 6.54 Å². The Labute approximate surface area is 133 Å². The number of carbonyl (C=O) groups excluding carboxylic acids is 1. The van der Waals surface area contributed by atoms with Crippen molar-refractivity contribution in [1.82, 2.24) is 9.47 Å². The molecule has 1 aromatic carbocycles. The summed E-state index contributed by atoms with van der Waals surface area (Å²) < 4.78 is 2.23. The Bertz CT molecular complexity index is 611. The number of aromatic nitrogens is 1. The first-order chi connectivity index (χ1) is 10.5. The number of carbonyl (C=O) groups is 1. The summed E-state index contributed by atoms with van der Waals surface area (Å²) in [6.45, 7) is 9.67. The largest absolute Gasteiger partial charge is 0.345 e. The molecule has 0 aliphatic heterocycles. The van der Waals surface area contributed by atoms with Gasteiger partial charge in [0.05, 0.1) is 6.54 Å². The van der Waals surface area contributed by atoms with Gasteiger partial charge in [0.15, 0.2) is 0 Å². The van der Waals surface area contributed by atoms with Gasteiger partial charge in [-0.1, -0.05) is 36.8 Å². The van der Waals surface area contributed by atoms with Gasteiger partial charge in [-0.25, -0.2) is 0 Å². The number of amides is 1. The number of rotatable bonds is 6. The fraction of sp³-hybridized carbons (Fsp3) is 0.421. The molecule has 0 atom stereocenters. The van der Waals surface area contributed by atoms with Gasteiger partial charge in [0.1, 0.15) is 0 Å². The average Bonchev–Trinajstić information content (AvgIpc) is 2.93. The highest BCUT2D eigenvalue weighted by atomic mass is 16.2. The third-order valence-corrected chi connectivity index (χ3v) is 3.98. The SMILES string of the molecule is CCC(=O)N(Cc1cccn1Cc1ccc(C)cc1)C(C)C. The summed E-state index contributed by atoms with van der Waals surface area (Å²) >= 11 is 0. The Balaban J connectivity index is 2.14. The van der Waals surface area contributed by atoms with E-state index in [4.69, 9.17) is 0 Å². The lowest BCUT2D eigenvalue weighted by atomic mass is 10.1. The van der Waals surface area contributed by atoms with Gasteiger partial charge in [-0.05, 0) is 38.5 Å². The first kappa shape index (κ1) is 16.3. The molecule has 1 aromatic heterocycles. The maximum atomic E-state index is 12.1. The second-order valence-electron chi connectivity index (χ2n) is 6.08. The van der Waals surface area contributed by atoms with Gasteiger partial charge >= 0.3 is 0 Å². The zero-order valence-electron chi connectivity index (χ0n) is 14.0. The fourth-order valence-corrected chi connectivity index (χ4v) is 2.57. The first-order valence-electron chi connectivity index (χ1n) is 8.00. The minimum Gasteiger partial charge on any atom is -0.345 e. The average molecular weight is 298 g/mol. The molecule has 0 aliphatic carbocycles. The van der Waals surface area contributed by atoms with Crippen molar-refractivity contribution < 1.29 is 4.79 Å². The van der Waals surface area contributed by atoms with Crippen LogP contribution in [-0.2, 0) is 17.9 Å². The fourth-order valence-electron chi connectivity index (χ4n) is 2.57. The predicted molar refractivity (Wildman–Crippen MR) is 90.7 cm³/mol. The Hall–Kier alpha value is -2.03. The second-order valence-corrected chi connectivity index (χ2v) is 6.08. The lowest BCUT2D eigenvalue weighted by Gasteiger charge is -2.27. The molecule has 1 heterocycles. The van der Waals surface area contributed by atoms with Crippen molar-refractivity contribution in [2.45, 2.75) is 53.2 Å². The van der Waals surface area contributed by atoms with Crippen LogP contribution in [0.25, 0.3) is 0 Å². The van der Waals surface area contributed by atoms with Crippen molar-refractivity contribution in [3.63, 3.8) is 0 Å². The molecule has 2 rings (SSSR count). The molecule has 118 valence electrons. The van der Waals surface area contributed by atoms with Crippen molar-refractivity contribution in [3.8, 4) is 0 Å². The van der Waals surface area contributed by atoms with E-state index in [2.05, 4.69) is 67.9 Å². The third kappa shape index (κ3) is 4.00. The molecule has 0 fully saturated rings. The summed E-state index contributed by atoms with van der Waals surface area (Å²) in [6.07, 6.45) is 2.64. The number of nitrogens with zero attached hydrogens (tertiary/aromatic N) is 2. The van der Waals surface area contributed by atoms with Gasteiger partial charge in [-0.15, -0.1) is 0 Å². The highest BCUT2D eigenvalue weighted by Crippen LogP contribution is 2.14. The summed E-state index contributed by atoms with van der Waals surface area (Å²) in [5.41, 5.74) is 3.73. The molecule has 0 radical (unpaired) electrons. The van der Waals surface area contributed by atoms with E-state index in [1.165, 1.54) is 16.8 Å². The van der Waals surface area contributed by atoms with E-state index in [0.29, 0.717) is 13.0 Å². The number of benzene rings is 1. The first-order valence-corrected chi connectivity index (χ1v) is 8.00. The van der Waals surface area contributed by atoms with Gasteiger partial charge in [-0.3, -0.25) is 4.79 Å². The standard InChI is InChI=1S/C19H26N2O/c1-5-19(22)21(15(2)3)14-18-7-6-12-20(18)13-17-10-8-16(4)9-11-17/h6-12,15H,5,13-14H2,1-4H3. The summed E-state index contributed by atoms with van der Waals surface area (Å²) in [4.78, 5) is 14.0. The van der Waals surface area contributed by atoms with Crippen LogP contribution in [0.3, 0.4) is 0 Å². The quantitative estimate of drug-likeness (QED) is 0.791. The molecule has 0 N–H and O–H groups in total. The van der Waals surface area contributed by atoms with Crippen LogP contribution in [-0.4, -0.2) is 21.4 Å². The van der Waals surface area contributed by atoms with Crippen LogP contribution < -0.4 is 0 Å². The minimum atomic E-state index is 0.207. The maximum Gasteiger partial charge on any atom is 0.222 e. The molecule has 0 saturated heterocycles. The van der Waals surface area contributed by atoms with Crippen LogP contribution in [0, 0.1) is 6.92 Å². The summed E-state index contributed by atoms with van der Waals surface area (Å²) in [6, 6.07) is 13.0. The monoisotopic (exact) mass is 298 g/mol. The van der Waals surface area contributed by atoms with Crippen molar-refractivity contribution in [1.29, 1.82) is 0 Å². The van der Waals surface area contributed by atoms with E-state index in [9.17, 15) is 4.79 Å². The van der Waals surface area contributed by atoms with E-state index in [1.54, 1.807) is 0 Å². The zero-order valence-corrected chi connectivity index (χ0v) is 14.0. The highest BCUT2D eigenvalue weighted by Gasteiger charge is 2.17. The van der Waals surface area contributed by atoms with E-state index < -0.39 is 0 Å². The van der Waals surface area contributed by atoms with Gasteiger partial charge < -0.3 is 9.47 Å². The maximum absolute atomic E-state index is 12.1. The van der Waals surface area contributed by atoms with Crippen LogP contribution in [0.15, 0.2) is 42.6 Å². The Morgan fingerprint density at radius 2 is 1.86 bits per heavy atom. The second kappa shape index (κ2) is 7.30. The normalized spacial score (nSPS) is 11.0. The van der Waals surface area contributed by atoms with Crippen molar-refractivity contribution >= 4 is 5.91 Å². The molecule has 0 unspecified atom stereocenters. The van der Waals surface area contributed by atoms with Crippen molar-refractivity contribution in [2.75, 3.05) is 0 Å². The molecule has 2 aromatic rings. The van der Waals surface area contributed by atoms with Crippen LogP contribution >= 0.6 is 0 Å². The molecule has 22 heavy (non-hydrogen) atoms. The molecule has 3 nitrogen and oxygen atoms in total. The van der Waals surface area contributed by atoms with Gasteiger partial charge in [0, 0.05) is 30.9 Å². The molecule has 0 spiro atoms. The van der Waals surface area contributed by atoms with Crippen LogP contribution in [0.4, 0.5) is 0 Å². The van der Waals surface area contributed by atoms with Crippen molar-refractivity contribution in [2.24, 2.45) is 0 Å². The Kier molecular flexibility index (Phi) is 5.42. The molecule has 3 heteroatoms. The topological polar surface area (TPSA) is 25.2 Å². The summed E-state index contributed by atoms with van der Waals surface area (Å²) in [5, 5.41) is 0. The van der Waals surface area contributed by atoms with Gasteiger partial charge in [0.25, 0.3) is 0 Å². The van der Waals surface area contributed by atoms with Gasteiger partial charge in [-0.2, -0.15) is 0 Å². The van der Waals surface area contributed by atoms with Gasteiger partial charge in [0.2, 0.25) is 5.91 Å². The summed E-state index contributed by atoms with van der Waals surface area (Å²) in [7, 11) is 0. The number of hydrogen-bond acceptors (Lipinski definition) is 1. The van der Waals surface area contributed by atoms with Crippen LogP contribution in [0.2, 0.25) is 0 Å². The molecule has 0 bridgehead atoms. The van der Waals surface area contributed by atoms with Crippen LogP contribution in [0.5, 0.6) is 0 Å². The van der Waals surface area contributed by atoms with E-state index >= 15 is 0 Å². The molecule has 1 amide bonds. The zero-order chi connectivity index (χ0) is 16.1. The number of hydrogen-bond donors (Lipinski definition) is 0. The van der Waals surface area contributed by atoms with Crippen molar-refractivity contribution in [3.05, 3.63) is 59.4 Å². The van der Waals surface area contributed by atoms with E-state index in [-0.39, 0.29) is 11.9 Å². The molecular weight excluding hydrogens is 272 g/mol. The Morgan fingerprint density at radius 3 is 2.45 bits per heavy atom. The molecule has 0 aliphatic rings. The van der Waals surface area contributed by atoms with Crippen LogP contribution in [0.1, 0.15) is 44.0 Å². The minimum absolute atomic E-state index is 0.207. The van der Waals surface area contributed by atoms with E-state index in [1.807, 2.05) is 11.8 Å². The smallest absolute Gasteiger partial charge is 0.222 e. The lowest BCUT2D eigenvalue weighted by Crippen LogP contribution is -2.36. The highest BCUT2D eigenvalue weighted by molar-refractivity contribution is 5.76. The molecule has 0 saturated carbocycles. The molecular formula is C19H26N2O. The number of aryl methyl sites for hydroxylation is 1.